The number of morpholine rings is 1. The molecule has 1 amide bonds. The summed E-state index contributed by atoms with van der Waals surface area (Å²) in [7, 11) is 0. The molecule has 5 nitrogen and oxygen atoms in total. The molecule has 1 heterocycles. The van der Waals surface area contributed by atoms with Crippen molar-refractivity contribution in [3.63, 3.8) is 0 Å². The summed E-state index contributed by atoms with van der Waals surface area (Å²) in [5, 5.41) is 2.93. The lowest BCUT2D eigenvalue weighted by molar-refractivity contribution is -0.121. The van der Waals surface area contributed by atoms with Crippen LogP contribution in [0.4, 0.5) is 0 Å². The van der Waals surface area contributed by atoms with E-state index in [1.54, 1.807) is 0 Å². The molecule has 5 heteroatoms. The van der Waals surface area contributed by atoms with Gasteiger partial charge >= 0.3 is 0 Å². The molecule has 1 fully saturated rings. The van der Waals surface area contributed by atoms with Crippen LogP contribution in [0.3, 0.4) is 0 Å². The Morgan fingerprint density at radius 1 is 1.33 bits per heavy atom. The van der Waals surface area contributed by atoms with E-state index in [1.165, 1.54) is 0 Å². The molecule has 1 saturated heterocycles. The van der Waals surface area contributed by atoms with Crippen LogP contribution in [-0.4, -0.2) is 55.7 Å². The Kier molecular flexibility index (Phi) is 7.23. The van der Waals surface area contributed by atoms with E-state index in [0.29, 0.717) is 25.2 Å². The number of carbonyl (C=O) groups is 1. The van der Waals surface area contributed by atoms with Crippen molar-refractivity contribution in [2.24, 2.45) is 5.73 Å². The molecule has 2 unspecified atom stereocenters. The molecule has 2 atom stereocenters. The highest BCUT2D eigenvalue weighted by Crippen LogP contribution is 2.10. The third kappa shape index (κ3) is 6.33. The molecule has 0 aromatic heterocycles. The Morgan fingerprint density at radius 2 is 2.00 bits per heavy atom. The highest BCUT2D eigenvalue weighted by Gasteiger charge is 2.21. The SMILES string of the molecule is CC1CN(CCCNC(=O)CCCN)CC(C)O1. The van der Waals surface area contributed by atoms with Gasteiger partial charge in [0.15, 0.2) is 0 Å². The summed E-state index contributed by atoms with van der Waals surface area (Å²) in [5.41, 5.74) is 5.36. The lowest BCUT2D eigenvalue weighted by Gasteiger charge is -2.35. The van der Waals surface area contributed by atoms with Crippen LogP contribution in [0, 0.1) is 0 Å². The fourth-order valence-corrected chi connectivity index (χ4v) is 2.35. The zero-order valence-electron chi connectivity index (χ0n) is 11.7. The minimum atomic E-state index is 0.115. The summed E-state index contributed by atoms with van der Waals surface area (Å²) in [6.07, 6.45) is 2.93. The number of rotatable bonds is 7. The summed E-state index contributed by atoms with van der Waals surface area (Å²) >= 11 is 0. The smallest absolute Gasteiger partial charge is 0.220 e. The minimum absolute atomic E-state index is 0.115. The summed E-state index contributed by atoms with van der Waals surface area (Å²) in [5.74, 6) is 0.115. The van der Waals surface area contributed by atoms with Gasteiger partial charge in [0.05, 0.1) is 12.2 Å². The third-order valence-corrected chi connectivity index (χ3v) is 3.08. The summed E-state index contributed by atoms with van der Waals surface area (Å²) < 4.78 is 5.68. The molecule has 0 saturated carbocycles. The molecule has 0 spiro atoms. The molecule has 1 rings (SSSR count). The molecule has 1 aliphatic heterocycles. The van der Waals surface area contributed by atoms with Crippen molar-refractivity contribution >= 4 is 5.91 Å². The maximum absolute atomic E-state index is 11.4. The number of hydrogen-bond acceptors (Lipinski definition) is 4. The molecule has 3 N–H and O–H groups in total. The minimum Gasteiger partial charge on any atom is -0.373 e. The van der Waals surface area contributed by atoms with Gasteiger partial charge in [0.1, 0.15) is 0 Å². The lowest BCUT2D eigenvalue weighted by atomic mass is 10.2. The van der Waals surface area contributed by atoms with Gasteiger partial charge < -0.3 is 15.8 Å². The van der Waals surface area contributed by atoms with Crippen LogP contribution < -0.4 is 11.1 Å². The van der Waals surface area contributed by atoms with Gasteiger partial charge in [-0.2, -0.15) is 0 Å². The number of nitrogens with two attached hydrogens (primary N) is 1. The number of nitrogens with zero attached hydrogens (tertiary/aromatic N) is 1. The normalized spacial score (nSPS) is 25.1. The standard InChI is InChI=1S/C13H27N3O2/c1-11-9-16(10-12(2)18-11)8-4-7-15-13(17)5-3-6-14/h11-12H,3-10,14H2,1-2H3,(H,15,17). The summed E-state index contributed by atoms with van der Waals surface area (Å²) in [6, 6.07) is 0. The first-order chi connectivity index (χ1) is 8.61. The molecule has 0 bridgehead atoms. The first-order valence-corrected chi connectivity index (χ1v) is 6.96. The fourth-order valence-electron chi connectivity index (χ4n) is 2.35. The molecule has 0 radical (unpaired) electrons. The number of hydrogen-bond donors (Lipinski definition) is 2. The van der Waals surface area contributed by atoms with Gasteiger partial charge in [0.2, 0.25) is 5.91 Å². The molecule has 106 valence electrons. The van der Waals surface area contributed by atoms with E-state index in [2.05, 4.69) is 24.1 Å². The van der Waals surface area contributed by atoms with Gasteiger partial charge in [0, 0.05) is 32.6 Å². The fraction of sp³-hybridized carbons (Fsp3) is 0.923. The molecule has 0 aromatic rings. The Labute approximate surface area is 110 Å². The van der Waals surface area contributed by atoms with E-state index in [0.717, 1.165) is 39.0 Å². The van der Waals surface area contributed by atoms with Crippen molar-refractivity contribution in [2.75, 3.05) is 32.7 Å². The predicted octanol–water partition coefficient (Wildman–Crippen LogP) is 0.341. The van der Waals surface area contributed by atoms with Crippen molar-refractivity contribution < 1.29 is 9.53 Å². The lowest BCUT2D eigenvalue weighted by Crippen LogP contribution is -2.46. The van der Waals surface area contributed by atoms with E-state index >= 15 is 0 Å². The average Bonchev–Trinajstić information content (AvgIpc) is 2.31. The van der Waals surface area contributed by atoms with Crippen molar-refractivity contribution in [3.05, 3.63) is 0 Å². The van der Waals surface area contributed by atoms with Gasteiger partial charge in [-0.3, -0.25) is 9.69 Å². The second-order valence-electron chi connectivity index (χ2n) is 5.11. The Hall–Kier alpha value is -0.650. The van der Waals surface area contributed by atoms with Crippen LogP contribution >= 0.6 is 0 Å². The second-order valence-corrected chi connectivity index (χ2v) is 5.11. The first kappa shape index (κ1) is 15.4. The van der Waals surface area contributed by atoms with Crippen LogP contribution in [0.25, 0.3) is 0 Å². The highest BCUT2D eigenvalue weighted by atomic mass is 16.5. The van der Waals surface area contributed by atoms with Gasteiger partial charge in [-0.1, -0.05) is 0 Å². The van der Waals surface area contributed by atoms with Crippen LogP contribution in [0.2, 0.25) is 0 Å². The van der Waals surface area contributed by atoms with Gasteiger partial charge in [-0.05, 0) is 33.2 Å². The van der Waals surface area contributed by atoms with Gasteiger partial charge in [0.25, 0.3) is 0 Å². The number of nitrogens with one attached hydrogen (secondary N) is 1. The first-order valence-electron chi connectivity index (χ1n) is 6.96. The zero-order chi connectivity index (χ0) is 13.4. The molecule has 18 heavy (non-hydrogen) atoms. The summed E-state index contributed by atoms with van der Waals surface area (Å²) in [6.45, 7) is 8.56. The zero-order valence-corrected chi connectivity index (χ0v) is 11.7. The van der Waals surface area contributed by atoms with Crippen LogP contribution in [0.1, 0.15) is 33.1 Å². The highest BCUT2D eigenvalue weighted by molar-refractivity contribution is 5.75. The topological polar surface area (TPSA) is 67.6 Å². The average molecular weight is 257 g/mol. The maximum Gasteiger partial charge on any atom is 0.220 e. The van der Waals surface area contributed by atoms with Crippen molar-refractivity contribution in [3.8, 4) is 0 Å². The van der Waals surface area contributed by atoms with Crippen LogP contribution in [0.15, 0.2) is 0 Å². The Bertz CT molecular complexity index is 238. The van der Waals surface area contributed by atoms with Crippen molar-refractivity contribution in [2.45, 2.75) is 45.3 Å². The third-order valence-electron chi connectivity index (χ3n) is 3.08. The Balaban J connectivity index is 2.05. The molecule has 0 aromatic carbocycles. The number of ether oxygens (including phenoxy) is 1. The second kappa shape index (κ2) is 8.45. The summed E-state index contributed by atoms with van der Waals surface area (Å²) in [4.78, 5) is 13.8. The quantitative estimate of drug-likeness (QED) is 0.645. The van der Waals surface area contributed by atoms with E-state index in [1.807, 2.05) is 0 Å². The van der Waals surface area contributed by atoms with Crippen molar-refractivity contribution in [1.29, 1.82) is 0 Å². The molecular formula is C13H27N3O2. The predicted molar refractivity (Wildman–Crippen MR) is 72.4 cm³/mol. The van der Waals surface area contributed by atoms with Gasteiger partial charge in [-0.15, -0.1) is 0 Å². The molecule has 0 aliphatic carbocycles. The Morgan fingerprint density at radius 3 is 2.61 bits per heavy atom. The van der Waals surface area contributed by atoms with E-state index in [9.17, 15) is 4.79 Å². The largest absolute Gasteiger partial charge is 0.373 e. The van der Waals surface area contributed by atoms with Crippen molar-refractivity contribution in [1.82, 2.24) is 10.2 Å². The van der Waals surface area contributed by atoms with E-state index in [-0.39, 0.29) is 5.91 Å². The van der Waals surface area contributed by atoms with E-state index in [4.69, 9.17) is 10.5 Å². The van der Waals surface area contributed by atoms with Crippen LogP contribution in [-0.2, 0) is 9.53 Å². The number of carbonyl (C=O) groups excluding carboxylic acids is 1. The molecule has 1 aliphatic rings. The van der Waals surface area contributed by atoms with Crippen LogP contribution in [0.5, 0.6) is 0 Å². The number of amides is 1. The monoisotopic (exact) mass is 257 g/mol. The maximum atomic E-state index is 11.4. The van der Waals surface area contributed by atoms with Gasteiger partial charge in [-0.25, -0.2) is 0 Å². The molecular weight excluding hydrogens is 230 g/mol. The van der Waals surface area contributed by atoms with E-state index < -0.39 is 0 Å².